The average molecular weight is 250 g/mol. The maximum Gasteiger partial charge on any atom is 0.237 e. The van der Waals surface area contributed by atoms with E-state index in [1.165, 1.54) is 25.3 Å². The van der Waals surface area contributed by atoms with Crippen LogP contribution in [0.1, 0.15) is 18.9 Å². The third-order valence-corrected chi connectivity index (χ3v) is 2.58. The maximum atomic E-state index is 13.1. The molecule has 0 aliphatic heterocycles. The second kappa shape index (κ2) is 6.60. The van der Waals surface area contributed by atoms with E-state index in [-0.39, 0.29) is 12.5 Å². The van der Waals surface area contributed by atoms with Gasteiger partial charge in [-0.1, -0.05) is 6.92 Å². The lowest BCUT2D eigenvalue weighted by Crippen LogP contribution is -2.29. The summed E-state index contributed by atoms with van der Waals surface area (Å²) in [5.74, 6) is -0.926. The van der Waals surface area contributed by atoms with Crippen LogP contribution in [0.4, 0.5) is 4.39 Å². The number of benzene rings is 1. The fraction of sp³-hybridized carbons (Fsp3) is 0.385. The van der Waals surface area contributed by atoms with E-state index in [1.807, 2.05) is 6.07 Å². The van der Waals surface area contributed by atoms with Gasteiger partial charge in [0.05, 0.1) is 13.2 Å². The molecule has 1 rings (SSSR count). The molecule has 0 radical (unpaired) electrons. The fourth-order valence-corrected chi connectivity index (χ4v) is 1.53. The van der Waals surface area contributed by atoms with Gasteiger partial charge in [-0.05, 0) is 24.6 Å². The van der Waals surface area contributed by atoms with Gasteiger partial charge in [-0.3, -0.25) is 4.79 Å². The van der Waals surface area contributed by atoms with Crippen LogP contribution in [-0.2, 0) is 11.3 Å². The predicted molar refractivity (Wildman–Crippen MR) is 64.2 cm³/mol. The van der Waals surface area contributed by atoms with Crippen LogP contribution in [0.2, 0.25) is 0 Å². The molecule has 1 unspecified atom stereocenters. The van der Waals surface area contributed by atoms with E-state index < -0.39 is 11.7 Å². The van der Waals surface area contributed by atoms with Gasteiger partial charge in [0.1, 0.15) is 17.5 Å². The first-order chi connectivity index (χ1) is 8.62. The van der Waals surface area contributed by atoms with Crippen LogP contribution < -0.4 is 10.1 Å². The lowest BCUT2D eigenvalue weighted by molar-refractivity contribution is -0.123. The van der Waals surface area contributed by atoms with E-state index in [0.29, 0.717) is 17.7 Å². The second-order valence-corrected chi connectivity index (χ2v) is 3.76. The molecule has 0 aromatic heterocycles. The van der Waals surface area contributed by atoms with E-state index in [1.54, 1.807) is 6.92 Å². The van der Waals surface area contributed by atoms with E-state index in [4.69, 9.17) is 10.00 Å². The molecule has 0 saturated carbocycles. The number of amides is 1. The molecule has 0 saturated heterocycles. The Hall–Kier alpha value is -2.09. The SMILES string of the molecule is CCC(C#N)C(=O)NCc1cc(F)ccc1OC. The van der Waals surface area contributed by atoms with Crippen molar-refractivity contribution in [3.63, 3.8) is 0 Å². The number of nitrogens with zero attached hydrogens (tertiary/aromatic N) is 1. The maximum absolute atomic E-state index is 13.1. The summed E-state index contributed by atoms with van der Waals surface area (Å²) in [5, 5.41) is 11.3. The van der Waals surface area contributed by atoms with Crippen LogP contribution >= 0.6 is 0 Å². The van der Waals surface area contributed by atoms with E-state index in [9.17, 15) is 9.18 Å². The monoisotopic (exact) mass is 250 g/mol. The summed E-state index contributed by atoms with van der Waals surface area (Å²) in [6.45, 7) is 1.90. The normalized spacial score (nSPS) is 11.4. The summed E-state index contributed by atoms with van der Waals surface area (Å²) in [7, 11) is 1.47. The average Bonchev–Trinajstić information content (AvgIpc) is 2.38. The van der Waals surface area contributed by atoms with Gasteiger partial charge in [0, 0.05) is 12.1 Å². The van der Waals surface area contributed by atoms with Crippen molar-refractivity contribution < 1.29 is 13.9 Å². The van der Waals surface area contributed by atoms with Crippen LogP contribution in [0.25, 0.3) is 0 Å². The Morgan fingerprint density at radius 1 is 1.61 bits per heavy atom. The van der Waals surface area contributed by atoms with Crippen LogP contribution in [0.3, 0.4) is 0 Å². The molecule has 0 fully saturated rings. The Morgan fingerprint density at radius 2 is 2.33 bits per heavy atom. The van der Waals surface area contributed by atoms with Gasteiger partial charge in [0.2, 0.25) is 5.91 Å². The van der Waals surface area contributed by atoms with Crippen molar-refractivity contribution in [2.24, 2.45) is 5.92 Å². The summed E-state index contributed by atoms with van der Waals surface area (Å²) in [6.07, 6.45) is 0.447. The number of nitrogens with one attached hydrogen (secondary N) is 1. The molecule has 0 aliphatic rings. The molecule has 0 aliphatic carbocycles. The molecule has 0 spiro atoms. The summed E-state index contributed by atoms with van der Waals surface area (Å²) in [6, 6.07) is 5.99. The first-order valence-electron chi connectivity index (χ1n) is 5.62. The zero-order valence-electron chi connectivity index (χ0n) is 10.4. The zero-order chi connectivity index (χ0) is 13.5. The van der Waals surface area contributed by atoms with Gasteiger partial charge in [0.25, 0.3) is 0 Å². The van der Waals surface area contributed by atoms with Gasteiger partial charge >= 0.3 is 0 Å². The third-order valence-electron chi connectivity index (χ3n) is 2.58. The van der Waals surface area contributed by atoms with Crippen molar-refractivity contribution in [1.82, 2.24) is 5.32 Å². The fourth-order valence-electron chi connectivity index (χ4n) is 1.53. The van der Waals surface area contributed by atoms with Crippen LogP contribution in [0.15, 0.2) is 18.2 Å². The van der Waals surface area contributed by atoms with Crippen molar-refractivity contribution in [3.8, 4) is 11.8 Å². The zero-order valence-corrected chi connectivity index (χ0v) is 10.4. The highest BCUT2D eigenvalue weighted by Crippen LogP contribution is 2.19. The van der Waals surface area contributed by atoms with Crippen molar-refractivity contribution >= 4 is 5.91 Å². The molecule has 1 aromatic rings. The Kier molecular flexibility index (Phi) is 5.12. The van der Waals surface area contributed by atoms with Crippen molar-refractivity contribution in [2.45, 2.75) is 19.9 Å². The molecular formula is C13H15FN2O2. The Bertz CT molecular complexity index is 469. The van der Waals surface area contributed by atoms with Crippen molar-refractivity contribution in [3.05, 3.63) is 29.6 Å². The van der Waals surface area contributed by atoms with E-state index in [0.717, 1.165) is 0 Å². The largest absolute Gasteiger partial charge is 0.496 e. The predicted octanol–water partition coefficient (Wildman–Crippen LogP) is 2.00. The topological polar surface area (TPSA) is 62.1 Å². The quantitative estimate of drug-likeness (QED) is 0.869. The van der Waals surface area contributed by atoms with Gasteiger partial charge in [-0.15, -0.1) is 0 Å². The number of carbonyl (C=O) groups is 1. The number of hydrogen-bond acceptors (Lipinski definition) is 3. The standard InChI is InChI=1S/C13H15FN2O2/c1-3-9(7-15)13(17)16-8-10-6-11(14)4-5-12(10)18-2/h4-6,9H,3,8H2,1-2H3,(H,16,17). The minimum atomic E-state index is -0.676. The number of hydrogen-bond donors (Lipinski definition) is 1. The molecule has 1 atom stereocenters. The first kappa shape index (κ1) is 14.0. The van der Waals surface area contributed by atoms with Crippen molar-refractivity contribution in [1.29, 1.82) is 5.26 Å². The van der Waals surface area contributed by atoms with E-state index in [2.05, 4.69) is 5.32 Å². The molecule has 5 heteroatoms. The second-order valence-electron chi connectivity index (χ2n) is 3.76. The molecule has 18 heavy (non-hydrogen) atoms. The number of ether oxygens (including phenoxy) is 1. The molecule has 4 nitrogen and oxygen atoms in total. The van der Waals surface area contributed by atoms with Gasteiger partial charge in [-0.2, -0.15) is 5.26 Å². The number of rotatable bonds is 5. The Balaban J connectivity index is 2.72. The summed E-state index contributed by atoms with van der Waals surface area (Å²) in [5.41, 5.74) is 0.540. The molecular weight excluding hydrogens is 235 g/mol. The third kappa shape index (κ3) is 3.45. The van der Waals surface area contributed by atoms with Crippen LogP contribution in [-0.4, -0.2) is 13.0 Å². The number of carbonyl (C=O) groups excluding carboxylic acids is 1. The van der Waals surface area contributed by atoms with Crippen molar-refractivity contribution in [2.75, 3.05) is 7.11 Å². The number of methoxy groups -OCH3 is 1. The highest BCUT2D eigenvalue weighted by atomic mass is 19.1. The molecule has 96 valence electrons. The minimum Gasteiger partial charge on any atom is -0.496 e. The van der Waals surface area contributed by atoms with Gasteiger partial charge in [0.15, 0.2) is 0 Å². The van der Waals surface area contributed by atoms with Gasteiger partial charge in [-0.25, -0.2) is 4.39 Å². The minimum absolute atomic E-state index is 0.137. The number of halogens is 1. The number of nitriles is 1. The molecule has 1 amide bonds. The van der Waals surface area contributed by atoms with E-state index >= 15 is 0 Å². The summed E-state index contributed by atoms with van der Waals surface area (Å²) in [4.78, 5) is 11.6. The lowest BCUT2D eigenvalue weighted by atomic mass is 10.1. The van der Waals surface area contributed by atoms with Gasteiger partial charge < -0.3 is 10.1 Å². The summed E-state index contributed by atoms with van der Waals surface area (Å²) >= 11 is 0. The molecule has 1 aromatic carbocycles. The molecule has 1 N–H and O–H groups in total. The summed E-state index contributed by atoms with van der Waals surface area (Å²) < 4.78 is 18.1. The molecule has 0 heterocycles. The first-order valence-corrected chi connectivity index (χ1v) is 5.62. The van der Waals surface area contributed by atoms with Crippen LogP contribution in [0.5, 0.6) is 5.75 Å². The highest BCUT2D eigenvalue weighted by molar-refractivity contribution is 5.80. The smallest absolute Gasteiger partial charge is 0.237 e. The Morgan fingerprint density at radius 3 is 2.89 bits per heavy atom. The van der Waals surface area contributed by atoms with Crippen LogP contribution in [0, 0.1) is 23.1 Å². The molecule has 0 bridgehead atoms. The highest BCUT2D eigenvalue weighted by Gasteiger charge is 2.15. The lowest BCUT2D eigenvalue weighted by Gasteiger charge is -2.11. The Labute approximate surface area is 105 Å².